The van der Waals surface area contributed by atoms with Crippen LogP contribution in [0, 0.1) is 0 Å². The van der Waals surface area contributed by atoms with E-state index in [-0.39, 0.29) is 12.1 Å². The molecular weight excluding hydrogens is 318 g/mol. The first-order chi connectivity index (χ1) is 6.54. The Morgan fingerprint density at radius 1 is 1.57 bits per heavy atom. The molecule has 1 heterocycles. The monoisotopic (exact) mass is 323 g/mol. The predicted molar refractivity (Wildman–Crippen MR) is 58.1 cm³/mol. The van der Waals surface area contributed by atoms with Crippen LogP contribution in [0.25, 0.3) is 0 Å². The first kappa shape index (κ1) is 11.5. The molecule has 1 rings (SSSR count). The van der Waals surface area contributed by atoms with Gasteiger partial charge in [0.25, 0.3) is 5.56 Å². The van der Waals surface area contributed by atoms with Gasteiger partial charge >= 0.3 is 5.97 Å². The summed E-state index contributed by atoms with van der Waals surface area (Å²) in [5.41, 5.74) is -0.265. The van der Waals surface area contributed by atoms with Gasteiger partial charge in [-0.15, -0.1) is 0 Å². The number of hydrogen-bond acceptors (Lipinski definition) is 3. The first-order valence-electron chi connectivity index (χ1n) is 3.67. The highest BCUT2D eigenvalue weighted by Crippen LogP contribution is 2.12. The van der Waals surface area contributed by atoms with E-state index in [1.54, 1.807) is 6.07 Å². The zero-order valence-corrected chi connectivity index (χ0v) is 10.5. The van der Waals surface area contributed by atoms with Crippen molar-refractivity contribution in [1.29, 1.82) is 0 Å². The second-order valence-corrected chi connectivity index (χ2v) is 4.29. The van der Waals surface area contributed by atoms with E-state index < -0.39 is 5.97 Å². The second-order valence-electron chi connectivity index (χ2n) is 2.52. The van der Waals surface area contributed by atoms with Crippen LogP contribution >= 0.6 is 31.9 Å². The lowest BCUT2D eigenvalue weighted by Gasteiger charge is -2.04. The van der Waals surface area contributed by atoms with Gasteiger partial charge in [-0.2, -0.15) is 0 Å². The molecule has 0 aliphatic heterocycles. The summed E-state index contributed by atoms with van der Waals surface area (Å²) in [6.07, 6.45) is 1.53. The zero-order chi connectivity index (χ0) is 10.7. The Morgan fingerprint density at radius 2 is 2.21 bits per heavy atom. The molecule has 0 radical (unpaired) electrons. The molecule has 0 aliphatic carbocycles. The van der Waals surface area contributed by atoms with Crippen LogP contribution in [0.4, 0.5) is 0 Å². The van der Waals surface area contributed by atoms with Crippen LogP contribution in [0.1, 0.15) is 0 Å². The summed E-state index contributed by atoms with van der Waals surface area (Å²) >= 11 is 6.31. The molecule has 1 aromatic rings. The van der Waals surface area contributed by atoms with Gasteiger partial charge in [0, 0.05) is 10.7 Å². The minimum absolute atomic E-state index is 0.0899. The topological polar surface area (TPSA) is 48.3 Å². The summed E-state index contributed by atoms with van der Waals surface area (Å²) in [4.78, 5) is 22.4. The van der Waals surface area contributed by atoms with Gasteiger partial charge in [0.05, 0.1) is 11.6 Å². The summed E-state index contributed by atoms with van der Waals surface area (Å²) < 4.78 is 6.84. The number of methoxy groups -OCH3 is 1. The fourth-order valence-corrected chi connectivity index (χ4v) is 2.14. The van der Waals surface area contributed by atoms with Gasteiger partial charge in [0.15, 0.2) is 0 Å². The second kappa shape index (κ2) is 4.75. The number of aromatic nitrogens is 1. The Morgan fingerprint density at radius 3 is 2.79 bits per heavy atom. The lowest BCUT2D eigenvalue weighted by Crippen LogP contribution is -2.24. The molecule has 0 spiro atoms. The molecule has 0 atom stereocenters. The molecule has 0 N–H and O–H groups in total. The van der Waals surface area contributed by atoms with Crippen LogP contribution in [0.15, 0.2) is 26.0 Å². The lowest BCUT2D eigenvalue weighted by molar-refractivity contribution is -0.141. The maximum absolute atomic E-state index is 11.5. The first-order valence-corrected chi connectivity index (χ1v) is 5.25. The third-order valence-corrected chi connectivity index (χ3v) is 2.54. The number of esters is 1. The summed E-state index contributed by atoms with van der Waals surface area (Å²) in [6, 6.07) is 1.62. The van der Waals surface area contributed by atoms with E-state index in [9.17, 15) is 9.59 Å². The molecule has 14 heavy (non-hydrogen) atoms. The molecule has 76 valence electrons. The van der Waals surface area contributed by atoms with Crippen LogP contribution < -0.4 is 5.56 Å². The molecule has 6 heteroatoms. The highest BCUT2D eigenvalue weighted by molar-refractivity contribution is 9.11. The van der Waals surface area contributed by atoms with Crippen LogP contribution in [0.5, 0.6) is 0 Å². The van der Waals surface area contributed by atoms with Crippen LogP contribution in [0.2, 0.25) is 0 Å². The third kappa shape index (κ3) is 2.68. The van der Waals surface area contributed by atoms with Crippen molar-refractivity contribution in [3.8, 4) is 0 Å². The standard InChI is InChI=1S/C8H7Br2NO3/c1-14-7(12)4-11-3-5(9)2-6(10)8(11)13/h2-3H,4H2,1H3. The van der Waals surface area contributed by atoms with Crippen LogP contribution in [-0.2, 0) is 16.1 Å². The molecule has 0 aliphatic rings. The number of hydrogen-bond donors (Lipinski definition) is 0. The van der Waals surface area contributed by atoms with Gasteiger partial charge in [-0.1, -0.05) is 0 Å². The minimum atomic E-state index is -0.461. The molecule has 0 aromatic carbocycles. The number of rotatable bonds is 2. The highest BCUT2D eigenvalue weighted by Gasteiger charge is 2.07. The third-order valence-electron chi connectivity index (χ3n) is 1.54. The van der Waals surface area contributed by atoms with Crippen molar-refractivity contribution in [2.24, 2.45) is 0 Å². The number of carbonyl (C=O) groups is 1. The van der Waals surface area contributed by atoms with E-state index in [1.165, 1.54) is 17.9 Å². The Balaban J connectivity index is 3.09. The number of pyridine rings is 1. The van der Waals surface area contributed by atoms with E-state index in [2.05, 4.69) is 36.6 Å². The average molecular weight is 325 g/mol. The Kier molecular flexibility index (Phi) is 3.88. The van der Waals surface area contributed by atoms with E-state index in [0.717, 1.165) is 0 Å². The predicted octanol–water partition coefficient (Wildman–Crippen LogP) is 1.55. The van der Waals surface area contributed by atoms with Crippen molar-refractivity contribution in [1.82, 2.24) is 4.57 Å². The van der Waals surface area contributed by atoms with Crippen LogP contribution in [-0.4, -0.2) is 17.6 Å². The maximum Gasteiger partial charge on any atom is 0.325 e. The molecule has 0 saturated heterocycles. The average Bonchev–Trinajstić information content (AvgIpc) is 2.13. The molecule has 1 aromatic heterocycles. The van der Waals surface area contributed by atoms with Gasteiger partial charge in [-0.3, -0.25) is 9.59 Å². The SMILES string of the molecule is COC(=O)Cn1cc(Br)cc(Br)c1=O. The summed E-state index contributed by atoms with van der Waals surface area (Å²) in [5.74, 6) is -0.461. The van der Waals surface area contributed by atoms with Crippen molar-refractivity contribution in [3.05, 3.63) is 31.6 Å². The molecule has 0 amide bonds. The van der Waals surface area contributed by atoms with Crippen LogP contribution in [0.3, 0.4) is 0 Å². The quantitative estimate of drug-likeness (QED) is 0.775. The smallest absolute Gasteiger partial charge is 0.325 e. The Hall–Kier alpha value is -0.620. The van der Waals surface area contributed by atoms with Crippen molar-refractivity contribution in [2.45, 2.75) is 6.54 Å². The van der Waals surface area contributed by atoms with Gasteiger partial charge in [0.2, 0.25) is 0 Å². The molecule has 0 bridgehead atoms. The molecule has 0 fully saturated rings. The summed E-state index contributed by atoms with van der Waals surface area (Å²) in [5, 5.41) is 0. The number of halogens is 2. The molecule has 0 unspecified atom stereocenters. The van der Waals surface area contributed by atoms with Gasteiger partial charge in [-0.05, 0) is 37.9 Å². The van der Waals surface area contributed by atoms with Crippen molar-refractivity contribution < 1.29 is 9.53 Å². The maximum atomic E-state index is 11.5. The highest BCUT2D eigenvalue weighted by atomic mass is 79.9. The zero-order valence-electron chi connectivity index (χ0n) is 7.29. The molecule has 0 saturated carbocycles. The fourth-order valence-electron chi connectivity index (χ4n) is 0.886. The lowest BCUT2D eigenvalue weighted by atomic mass is 10.4. The minimum Gasteiger partial charge on any atom is -0.468 e. The van der Waals surface area contributed by atoms with Gasteiger partial charge < -0.3 is 9.30 Å². The number of carbonyl (C=O) groups excluding carboxylic acids is 1. The van der Waals surface area contributed by atoms with Gasteiger partial charge in [-0.25, -0.2) is 0 Å². The van der Waals surface area contributed by atoms with Crippen molar-refractivity contribution in [3.63, 3.8) is 0 Å². The van der Waals surface area contributed by atoms with Crippen molar-refractivity contribution in [2.75, 3.05) is 7.11 Å². The van der Waals surface area contributed by atoms with Gasteiger partial charge in [0.1, 0.15) is 6.54 Å². The van der Waals surface area contributed by atoms with E-state index in [1.807, 2.05) is 0 Å². The Labute approximate surface area is 97.1 Å². The number of ether oxygens (including phenoxy) is 1. The van der Waals surface area contributed by atoms with E-state index >= 15 is 0 Å². The number of nitrogens with zero attached hydrogens (tertiary/aromatic N) is 1. The Bertz CT molecular complexity index is 414. The molecular formula is C8H7Br2NO3. The molecule has 4 nitrogen and oxygen atoms in total. The normalized spacial score (nSPS) is 9.93. The van der Waals surface area contributed by atoms with E-state index in [4.69, 9.17) is 0 Å². The summed E-state index contributed by atoms with van der Waals surface area (Å²) in [7, 11) is 1.28. The fraction of sp³-hybridized carbons (Fsp3) is 0.250. The summed E-state index contributed by atoms with van der Waals surface area (Å²) in [6.45, 7) is -0.0899. The van der Waals surface area contributed by atoms with E-state index in [0.29, 0.717) is 8.95 Å². The van der Waals surface area contributed by atoms with Crippen molar-refractivity contribution >= 4 is 37.8 Å². The largest absolute Gasteiger partial charge is 0.468 e.